The number of hydrogen-bond donors (Lipinski definition) is 0. The second-order valence-corrected chi connectivity index (χ2v) is 4.68. The summed E-state index contributed by atoms with van der Waals surface area (Å²) in [7, 11) is 1.55. The molecule has 2 aromatic rings. The van der Waals surface area contributed by atoms with Gasteiger partial charge in [0.1, 0.15) is 6.61 Å². The molecule has 0 aliphatic rings. The molecule has 0 amide bonds. The topological polar surface area (TPSA) is 66.2 Å². The summed E-state index contributed by atoms with van der Waals surface area (Å²) in [4.78, 5) is 11.9. The van der Waals surface area contributed by atoms with Crippen LogP contribution in [0, 0.1) is 6.92 Å². The number of esters is 1. The molecule has 0 bridgehead atoms. The van der Waals surface area contributed by atoms with E-state index in [0.717, 1.165) is 5.56 Å². The zero-order valence-electron chi connectivity index (χ0n) is 12.4. The van der Waals surface area contributed by atoms with E-state index in [1.807, 2.05) is 44.2 Å². The Morgan fingerprint density at radius 2 is 2.00 bits per heavy atom. The molecule has 1 atom stereocenters. The minimum atomic E-state index is -0.476. The number of carbonyl (C=O) groups is 1. The molecule has 6 heteroatoms. The van der Waals surface area contributed by atoms with E-state index in [0.29, 0.717) is 12.3 Å². The summed E-state index contributed by atoms with van der Waals surface area (Å²) >= 11 is 0. The first-order chi connectivity index (χ1) is 10.1. The van der Waals surface area contributed by atoms with Crippen molar-refractivity contribution in [3.05, 3.63) is 47.3 Å². The van der Waals surface area contributed by atoms with E-state index in [4.69, 9.17) is 9.47 Å². The van der Waals surface area contributed by atoms with Gasteiger partial charge in [-0.2, -0.15) is 0 Å². The molecule has 0 saturated heterocycles. The largest absolute Gasteiger partial charge is 0.458 e. The number of rotatable bonds is 6. The average molecular weight is 289 g/mol. The van der Waals surface area contributed by atoms with Crippen molar-refractivity contribution in [2.75, 3.05) is 20.3 Å². The van der Waals surface area contributed by atoms with E-state index >= 15 is 0 Å². The van der Waals surface area contributed by atoms with Crippen LogP contribution in [0.5, 0.6) is 0 Å². The number of methoxy groups -OCH3 is 1. The molecule has 1 aromatic carbocycles. The highest BCUT2D eigenvalue weighted by atomic mass is 16.6. The second-order valence-electron chi connectivity index (χ2n) is 4.68. The first-order valence-electron chi connectivity index (χ1n) is 6.78. The van der Waals surface area contributed by atoms with Gasteiger partial charge in [0, 0.05) is 7.11 Å². The van der Waals surface area contributed by atoms with Gasteiger partial charge in [-0.25, -0.2) is 9.48 Å². The van der Waals surface area contributed by atoms with Gasteiger partial charge < -0.3 is 9.47 Å². The third-order valence-corrected chi connectivity index (χ3v) is 3.29. The van der Waals surface area contributed by atoms with Crippen LogP contribution in [-0.4, -0.2) is 41.3 Å². The molecule has 1 aromatic heterocycles. The number of hydrogen-bond acceptors (Lipinski definition) is 5. The van der Waals surface area contributed by atoms with Gasteiger partial charge in [-0.05, 0) is 19.4 Å². The lowest BCUT2D eigenvalue weighted by Crippen LogP contribution is -2.13. The van der Waals surface area contributed by atoms with Gasteiger partial charge in [0.2, 0.25) is 0 Å². The number of benzene rings is 1. The predicted octanol–water partition coefficient (Wildman–Crippen LogP) is 2.00. The van der Waals surface area contributed by atoms with Crippen LogP contribution in [0.1, 0.15) is 34.7 Å². The molecule has 0 spiro atoms. The van der Waals surface area contributed by atoms with Crippen molar-refractivity contribution in [3.8, 4) is 0 Å². The van der Waals surface area contributed by atoms with Crippen LogP contribution < -0.4 is 0 Å². The van der Waals surface area contributed by atoms with Crippen LogP contribution in [0.2, 0.25) is 0 Å². The quantitative estimate of drug-likeness (QED) is 0.601. The normalized spacial score (nSPS) is 12.1. The molecule has 0 N–H and O–H groups in total. The summed E-state index contributed by atoms with van der Waals surface area (Å²) in [5.41, 5.74) is 2.03. The summed E-state index contributed by atoms with van der Waals surface area (Å²) in [6.07, 6.45) is 0. The smallest absolute Gasteiger partial charge is 0.360 e. The third-order valence-electron chi connectivity index (χ3n) is 3.29. The van der Waals surface area contributed by atoms with Crippen LogP contribution in [0.25, 0.3) is 0 Å². The van der Waals surface area contributed by atoms with E-state index in [1.54, 1.807) is 11.8 Å². The molecule has 0 fully saturated rings. The Balaban J connectivity index is 2.15. The first-order valence-corrected chi connectivity index (χ1v) is 6.78. The molecule has 2 rings (SSSR count). The highest BCUT2D eigenvalue weighted by Gasteiger charge is 2.21. The van der Waals surface area contributed by atoms with Gasteiger partial charge >= 0.3 is 5.97 Å². The fraction of sp³-hybridized carbons (Fsp3) is 0.400. The van der Waals surface area contributed by atoms with E-state index < -0.39 is 5.97 Å². The molecule has 6 nitrogen and oxygen atoms in total. The molecular formula is C15H19N3O3. The fourth-order valence-electron chi connectivity index (χ4n) is 2.06. The molecule has 1 heterocycles. The van der Waals surface area contributed by atoms with Crippen molar-refractivity contribution in [2.45, 2.75) is 19.9 Å². The Morgan fingerprint density at radius 1 is 1.29 bits per heavy atom. The van der Waals surface area contributed by atoms with Crippen LogP contribution in [0.15, 0.2) is 30.3 Å². The molecule has 0 saturated carbocycles. The van der Waals surface area contributed by atoms with E-state index in [9.17, 15) is 4.79 Å². The van der Waals surface area contributed by atoms with Gasteiger partial charge in [0.25, 0.3) is 0 Å². The minimum Gasteiger partial charge on any atom is -0.458 e. The van der Waals surface area contributed by atoms with Gasteiger partial charge in [-0.3, -0.25) is 0 Å². The summed E-state index contributed by atoms with van der Waals surface area (Å²) in [6, 6.07) is 9.93. The maximum Gasteiger partial charge on any atom is 0.360 e. The maximum absolute atomic E-state index is 11.9. The summed E-state index contributed by atoms with van der Waals surface area (Å²) in [6.45, 7) is 4.39. The molecule has 0 aliphatic carbocycles. The van der Waals surface area contributed by atoms with E-state index in [-0.39, 0.29) is 18.3 Å². The molecule has 1 unspecified atom stereocenters. The Labute approximate surface area is 123 Å². The molecule has 0 aliphatic heterocycles. The van der Waals surface area contributed by atoms with E-state index in [1.165, 1.54) is 0 Å². The standard InChI is InChI=1S/C15H19N3O3/c1-11(13-7-5-4-6-8-13)18-12(2)14(16-17-18)15(19)21-10-9-20-3/h4-8,11H,9-10H2,1-3H3. The number of ether oxygens (including phenoxy) is 2. The van der Waals surface area contributed by atoms with Crippen molar-refractivity contribution >= 4 is 5.97 Å². The fourth-order valence-corrected chi connectivity index (χ4v) is 2.06. The SMILES string of the molecule is COCCOC(=O)c1nnn(C(C)c2ccccc2)c1C. The number of aromatic nitrogens is 3. The maximum atomic E-state index is 11.9. The zero-order chi connectivity index (χ0) is 15.2. The first kappa shape index (κ1) is 15.2. The van der Waals surface area contributed by atoms with Crippen LogP contribution >= 0.6 is 0 Å². The Bertz CT molecular complexity index is 595. The van der Waals surface area contributed by atoms with Gasteiger partial charge in [0.15, 0.2) is 5.69 Å². The summed E-state index contributed by atoms with van der Waals surface area (Å²) in [5, 5.41) is 8.01. The van der Waals surface area contributed by atoms with Crippen LogP contribution in [0.4, 0.5) is 0 Å². The summed E-state index contributed by atoms with van der Waals surface area (Å²) < 4.78 is 11.6. The second kappa shape index (κ2) is 6.99. The highest BCUT2D eigenvalue weighted by molar-refractivity contribution is 5.88. The predicted molar refractivity (Wildman–Crippen MR) is 77.2 cm³/mol. The Morgan fingerprint density at radius 3 is 2.67 bits per heavy atom. The number of carbonyl (C=O) groups excluding carboxylic acids is 1. The molecule has 112 valence electrons. The Kier molecular flexibility index (Phi) is 5.05. The van der Waals surface area contributed by atoms with Crippen molar-refractivity contribution in [2.24, 2.45) is 0 Å². The van der Waals surface area contributed by atoms with E-state index in [2.05, 4.69) is 10.3 Å². The zero-order valence-corrected chi connectivity index (χ0v) is 12.4. The minimum absolute atomic E-state index is 0.000717. The average Bonchev–Trinajstić information content (AvgIpc) is 2.89. The third kappa shape index (κ3) is 3.46. The Hall–Kier alpha value is -2.21. The molecule has 0 radical (unpaired) electrons. The van der Waals surface area contributed by atoms with Crippen molar-refractivity contribution in [3.63, 3.8) is 0 Å². The highest BCUT2D eigenvalue weighted by Crippen LogP contribution is 2.19. The van der Waals surface area contributed by atoms with Gasteiger partial charge in [-0.1, -0.05) is 35.5 Å². The van der Waals surface area contributed by atoms with Crippen LogP contribution in [-0.2, 0) is 9.47 Å². The lowest BCUT2D eigenvalue weighted by Gasteiger charge is -2.13. The van der Waals surface area contributed by atoms with Crippen molar-refractivity contribution in [1.82, 2.24) is 15.0 Å². The molecule has 21 heavy (non-hydrogen) atoms. The molecular weight excluding hydrogens is 270 g/mol. The van der Waals surface area contributed by atoms with Crippen molar-refractivity contribution in [1.29, 1.82) is 0 Å². The summed E-state index contributed by atoms with van der Waals surface area (Å²) in [5.74, 6) is -0.476. The lowest BCUT2D eigenvalue weighted by molar-refractivity contribution is 0.0380. The van der Waals surface area contributed by atoms with Gasteiger partial charge in [-0.15, -0.1) is 5.10 Å². The lowest BCUT2D eigenvalue weighted by atomic mass is 10.1. The van der Waals surface area contributed by atoms with Crippen LogP contribution in [0.3, 0.4) is 0 Å². The number of nitrogens with zero attached hydrogens (tertiary/aromatic N) is 3. The van der Waals surface area contributed by atoms with Crippen molar-refractivity contribution < 1.29 is 14.3 Å². The van der Waals surface area contributed by atoms with Gasteiger partial charge in [0.05, 0.1) is 18.3 Å². The monoisotopic (exact) mass is 289 g/mol.